The Morgan fingerprint density at radius 3 is 2.54 bits per heavy atom. The van der Waals surface area contributed by atoms with E-state index < -0.39 is 5.91 Å². The van der Waals surface area contributed by atoms with Crippen LogP contribution in [0.3, 0.4) is 0 Å². The van der Waals surface area contributed by atoms with Crippen molar-refractivity contribution in [3.63, 3.8) is 0 Å². The highest BCUT2D eigenvalue weighted by Crippen LogP contribution is 2.22. The number of carbonyl (C=O) groups excluding carboxylic acids is 1. The number of halogens is 1. The molecule has 0 spiro atoms. The molecule has 1 aliphatic heterocycles. The maximum absolute atomic E-state index is 12.6. The van der Waals surface area contributed by atoms with Crippen LogP contribution < -0.4 is 22.1 Å². The molecular formula is C26H32ClN9O. The first-order chi connectivity index (χ1) is 18.0. The summed E-state index contributed by atoms with van der Waals surface area (Å²) in [4.78, 5) is 31.3. The van der Waals surface area contributed by atoms with Gasteiger partial charge in [-0.2, -0.15) is 4.99 Å². The van der Waals surface area contributed by atoms with E-state index in [9.17, 15) is 4.79 Å². The number of aromatic nitrogens is 3. The molecule has 1 aliphatic rings. The van der Waals surface area contributed by atoms with E-state index in [2.05, 4.69) is 59.7 Å². The lowest BCUT2D eigenvalue weighted by molar-refractivity contribution is 0.0998. The Morgan fingerprint density at radius 2 is 1.81 bits per heavy atom. The topological polar surface area (TPSA) is 147 Å². The van der Waals surface area contributed by atoms with Crippen LogP contribution in [-0.4, -0.2) is 57.9 Å². The van der Waals surface area contributed by atoms with Gasteiger partial charge >= 0.3 is 5.91 Å². The fourth-order valence-corrected chi connectivity index (χ4v) is 4.37. The van der Waals surface area contributed by atoms with E-state index in [-0.39, 0.29) is 28.4 Å². The molecule has 1 aromatic carbocycles. The van der Waals surface area contributed by atoms with Crippen molar-refractivity contribution in [3.05, 3.63) is 76.8 Å². The Bertz CT molecular complexity index is 1200. The van der Waals surface area contributed by atoms with E-state index >= 15 is 0 Å². The maximum atomic E-state index is 12.6. The van der Waals surface area contributed by atoms with E-state index in [1.807, 2.05) is 18.2 Å². The number of nitrogens with zero attached hydrogens (tertiary/aromatic N) is 5. The van der Waals surface area contributed by atoms with E-state index in [0.29, 0.717) is 19.0 Å². The van der Waals surface area contributed by atoms with Crippen molar-refractivity contribution in [1.82, 2.24) is 25.2 Å². The van der Waals surface area contributed by atoms with Crippen LogP contribution in [-0.2, 0) is 13.0 Å². The van der Waals surface area contributed by atoms with E-state index in [1.165, 1.54) is 5.56 Å². The minimum atomic E-state index is -0.701. The van der Waals surface area contributed by atoms with Crippen molar-refractivity contribution in [2.75, 3.05) is 37.2 Å². The summed E-state index contributed by atoms with van der Waals surface area (Å²) < 4.78 is 0. The first-order valence-corrected chi connectivity index (χ1v) is 12.7. The first-order valence-electron chi connectivity index (χ1n) is 12.3. The third-order valence-electron chi connectivity index (χ3n) is 6.35. The zero-order chi connectivity index (χ0) is 26.0. The van der Waals surface area contributed by atoms with Crippen LogP contribution >= 0.6 is 11.6 Å². The summed E-state index contributed by atoms with van der Waals surface area (Å²) in [5.74, 6) is -0.0207. The van der Waals surface area contributed by atoms with E-state index in [4.69, 9.17) is 23.1 Å². The Morgan fingerprint density at radius 1 is 1.08 bits per heavy atom. The van der Waals surface area contributed by atoms with Gasteiger partial charge < -0.3 is 27.0 Å². The molecule has 11 heteroatoms. The van der Waals surface area contributed by atoms with Gasteiger partial charge in [-0.25, -0.2) is 9.97 Å². The molecule has 0 aliphatic carbocycles. The highest BCUT2D eigenvalue weighted by atomic mass is 35.5. The van der Waals surface area contributed by atoms with Gasteiger partial charge in [0, 0.05) is 32.0 Å². The van der Waals surface area contributed by atoms with Gasteiger partial charge in [0.15, 0.2) is 28.4 Å². The second kappa shape index (κ2) is 13.0. The standard InChI is InChI=1S/C26H32ClN9O/c27-22-24(31-16-19-6-11-30-12-7-19)34-23(28)21(33-22)25(37)35-26(29)32-17-20-9-14-36(15-10-20)13-8-18-4-2-1-3-5-18/h1-7,11-12,20H,8-10,13-17H2,(H3,28,31,34)(H3,29,32,35,37). The van der Waals surface area contributed by atoms with Crippen LogP contribution in [0, 0.1) is 5.92 Å². The number of hydrogen-bond acceptors (Lipinski definition) is 7. The van der Waals surface area contributed by atoms with Crippen LogP contribution in [0.5, 0.6) is 0 Å². The first kappa shape index (κ1) is 26.3. The van der Waals surface area contributed by atoms with Crippen molar-refractivity contribution in [3.8, 4) is 0 Å². The Balaban J connectivity index is 1.23. The molecule has 0 bridgehead atoms. The minimum Gasteiger partial charge on any atom is -0.382 e. The van der Waals surface area contributed by atoms with Crippen molar-refractivity contribution in [1.29, 1.82) is 0 Å². The van der Waals surface area contributed by atoms with Crippen molar-refractivity contribution < 1.29 is 4.79 Å². The van der Waals surface area contributed by atoms with Crippen LogP contribution in [0.15, 0.2) is 59.9 Å². The lowest BCUT2D eigenvalue weighted by Gasteiger charge is -2.32. The molecule has 194 valence electrons. The van der Waals surface area contributed by atoms with Crippen molar-refractivity contribution in [2.45, 2.75) is 25.8 Å². The number of guanidine groups is 1. The zero-order valence-electron chi connectivity index (χ0n) is 20.6. The van der Waals surface area contributed by atoms with Crippen LogP contribution in [0.25, 0.3) is 0 Å². The van der Waals surface area contributed by atoms with E-state index in [1.54, 1.807) is 12.4 Å². The molecule has 37 heavy (non-hydrogen) atoms. The number of likely N-dealkylation sites (tertiary alicyclic amines) is 1. The van der Waals surface area contributed by atoms with Gasteiger partial charge in [0.25, 0.3) is 0 Å². The molecule has 3 aromatic rings. The molecule has 2 aromatic heterocycles. The molecule has 3 heterocycles. The van der Waals surface area contributed by atoms with Gasteiger partial charge in [-0.3, -0.25) is 9.78 Å². The number of hydrogen-bond donors (Lipinski definition) is 4. The van der Waals surface area contributed by atoms with Crippen molar-refractivity contribution >= 4 is 35.1 Å². The third-order valence-corrected chi connectivity index (χ3v) is 6.62. The van der Waals surface area contributed by atoms with Gasteiger partial charge in [0.1, 0.15) is 0 Å². The molecule has 0 unspecified atom stereocenters. The average molecular weight is 522 g/mol. The van der Waals surface area contributed by atoms with E-state index in [0.717, 1.165) is 44.5 Å². The molecule has 10 nitrogen and oxygen atoms in total. The number of nitrogens with one attached hydrogen (secondary N) is 2. The summed E-state index contributed by atoms with van der Waals surface area (Å²) in [6.07, 6.45) is 6.55. The lowest BCUT2D eigenvalue weighted by atomic mass is 9.96. The fourth-order valence-electron chi connectivity index (χ4n) is 4.18. The summed E-state index contributed by atoms with van der Waals surface area (Å²) in [7, 11) is 0. The number of amides is 1. The quantitative estimate of drug-likeness (QED) is 0.246. The van der Waals surface area contributed by atoms with Gasteiger partial charge in [-0.05, 0) is 61.5 Å². The summed E-state index contributed by atoms with van der Waals surface area (Å²) in [6, 6.07) is 14.3. The number of carbonyl (C=O) groups is 1. The number of rotatable bonds is 9. The van der Waals surface area contributed by atoms with Crippen LogP contribution in [0.4, 0.5) is 11.6 Å². The Labute approximate surface area is 221 Å². The summed E-state index contributed by atoms with van der Waals surface area (Å²) in [5, 5.41) is 6.13. The number of anilines is 2. The number of aliphatic imine (C=N–C) groups is 1. The number of pyridine rings is 1. The van der Waals surface area contributed by atoms with Crippen LogP contribution in [0.2, 0.25) is 5.15 Å². The summed E-state index contributed by atoms with van der Waals surface area (Å²) >= 11 is 6.22. The normalized spacial score (nSPS) is 14.9. The van der Waals surface area contributed by atoms with Gasteiger partial charge in [0.05, 0.1) is 0 Å². The minimum absolute atomic E-state index is 0.0207. The van der Waals surface area contributed by atoms with Gasteiger partial charge in [-0.15, -0.1) is 0 Å². The number of benzene rings is 1. The molecule has 0 saturated carbocycles. The van der Waals surface area contributed by atoms with Crippen LogP contribution in [0.1, 0.15) is 34.5 Å². The number of piperidine rings is 1. The summed E-state index contributed by atoms with van der Waals surface area (Å²) in [6.45, 7) is 4.24. The third kappa shape index (κ3) is 7.86. The number of nitrogens with two attached hydrogens (primary N) is 2. The lowest BCUT2D eigenvalue weighted by Crippen LogP contribution is -2.41. The maximum Gasteiger partial charge on any atom is 0.302 e. The number of nitrogen functional groups attached to an aromatic ring is 1. The zero-order valence-corrected chi connectivity index (χ0v) is 21.4. The van der Waals surface area contributed by atoms with Gasteiger partial charge in [0.2, 0.25) is 0 Å². The molecule has 1 fully saturated rings. The molecule has 1 saturated heterocycles. The largest absolute Gasteiger partial charge is 0.382 e. The monoisotopic (exact) mass is 521 g/mol. The molecule has 4 rings (SSSR count). The second-order valence-corrected chi connectivity index (χ2v) is 9.37. The smallest absolute Gasteiger partial charge is 0.302 e. The highest BCUT2D eigenvalue weighted by molar-refractivity contribution is 6.32. The molecule has 6 N–H and O–H groups in total. The highest BCUT2D eigenvalue weighted by Gasteiger charge is 2.20. The van der Waals surface area contributed by atoms with Crippen molar-refractivity contribution in [2.24, 2.45) is 16.6 Å². The molecule has 1 amide bonds. The SMILES string of the molecule is N/C(=N\C(=O)c1nc(Cl)c(NCc2ccncc2)nc1N)NCC1CCN(CCc2ccccc2)CC1. The fraction of sp³-hybridized carbons (Fsp3) is 0.346. The Kier molecular flexibility index (Phi) is 9.23. The molecule has 0 radical (unpaired) electrons. The summed E-state index contributed by atoms with van der Waals surface area (Å²) in [5.41, 5.74) is 14.1. The Hall–Kier alpha value is -3.76. The average Bonchev–Trinajstić information content (AvgIpc) is 2.92. The second-order valence-electron chi connectivity index (χ2n) is 9.01. The predicted octanol–water partition coefficient (Wildman–Crippen LogP) is 2.72. The molecule has 0 atom stereocenters. The van der Waals surface area contributed by atoms with Gasteiger partial charge in [-0.1, -0.05) is 41.9 Å². The molecular weight excluding hydrogens is 490 g/mol. The predicted molar refractivity (Wildman–Crippen MR) is 146 cm³/mol.